The zero-order valence-corrected chi connectivity index (χ0v) is 11.6. The van der Waals surface area contributed by atoms with Crippen molar-refractivity contribution in [2.45, 2.75) is 0 Å². The molecule has 106 valence electrons. The van der Waals surface area contributed by atoms with Gasteiger partial charge in [0.15, 0.2) is 5.58 Å². The van der Waals surface area contributed by atoms with Crippen molar-refractivity contribution < 1.29 is 8.83 Å². The molecule has 0 aliphatic heterocycles. The second kappa shape index (κ2) is 5.33. The molecule has 0 unspecified atom stereocenters. The maximum absolute atomic E-state index is 5.82. The van der Waals surface area contributed by atoms with E-state index in [0.717, 1.165) is 16.8 Å². The van der Waals surface area contributed by atoms with Crippen LogP contribution in [0.1, 0.15) is 5.76 Å². The first kappa shape index (κ1) is 12.6. The molecule has 4 heteroatoms. The van der Waals surface area contributed by atoms with Crippen molar-refractivity contribution >= 4 is 23.0 Å². The smallest absolute Gasteiger partial charge is 0.227 e. The molecule has 0 fully saturated rings. The molecule has 0 N–H and O–H groups in total. The predicted octanol–water partition coefficient (Wildman–Crippen LogP) is 4.84. The number of aromatic nitrogens is 1. The Labute approximate surface area is 126 Å². The maximum Gasteiger partial charge on any atom is 0.227 e. The van der Waals surface area contributed by atoms with Gasteiger partial charge in [-0.3, -0.25) is 4.99 Å². The van der Waals surface area contributed by atoms with Crippen LogP contribution in [0.15, 0.2) is 80.8 Å². The molecule has 2 aromatic carbocycles. The molecule has 0 spiro atoms. The summed E-state index contributed by atoms with van der Waals surface area (Å²) >= 11 is 0. The zero-order chi connectivity index (χ0) is 14.8. The lowest BCUT2D eigenvalue weighted by Gasteiger charge is -1.92. The Morgan fingerprint density at radius 2 is 1.82 bits per heavy atom. The normalized spacial score (nSPS) is 11.5. The van der Waals surface area contributed by atoms with Gasteiger partial charge in [-0.1, -0.05) is 24.3 Å². The van der Waals surface area contributed by atoms with E-state index in [-0.39, 0.29) is 0 Å². The van der Waals surface area contributed by atoms with E-state index in [2.05, 4.69) is 9.98 Å². The van der Waals surface area contributed by atoms with Gasteiger partial charge in [-0.25, -0.2) is 4.98 Å². The Hall–Kier alpha value is -3.14. The van der Waals surface area contributed by atoms with Gasteiger partial charge in [0, 0.05) is 5.56 Å². The number of rotatable bonds is 3. The van der Waals surface area contributed by atoms with Crippen molar-refractivity contribution in [2.75, 3.05) is 0 Å². The zero-order valence-electron chi connectivity index (χ0n) is 11.6. The minimum atomic E-state index is 0.594. The summed E-state index contributed by atoms with van der Waals surface area (Å²) in [5.41, 5.74) is 3.15. The number of fused-ring (bicyclic) bond motifs is 1. The molecule has 4 aromatic rings. The molecule has 0 saturated heterocycles. The van der Waals surface area contributed by atoms with Crippen LogP contribution in [-0.2, 0) is 0 Å². The first-order chi connectivity index (χ1) is 10.9. The number of aliphatic imine (C=N–C) groups is 1. The number of benzene rings is 2. The van der Waals surface area contributed by atoms with Crippen LogP contribution in [0.2, 0.25) is 0 Å². The average molecular weight is 288 g/mol. The molecule has 2 aromatic heterocycles. The average Bonchev–Trinajstić information content (AvgIpc) is 3.23. The van der Waals surface area contributed by atoms with Crippen molar-refractivity contribution in [3.63, 3.8) is 0 Å². The highest BCUT2D eigenvalue weighted by atomic mass is 16.3. The molecular formula is C18H12N2O2. The molecule has 2 heterocycles. The largest absolute Gasteiger partial charge is 0.463 e. The van der Waals surface area contributed by atoms with Crippen LogP contribution in [0.3, 0.4) is 0 Å². The number of hydrogen-bond donors (Lipinski definition) is 0. The molecular weight excluding hydrogens is 276 g/mol. The Balaban J connectivity index is 1.78. The van der Waals surface area contributed by atoms with Crippen LogP contribution in [0.5, 0.6) is 0 Å². The van der Waals surface area contributed by atoms with Gasteiger partial charge in [0.05, 0.1) is 18.2 Å². The summed E-state index contributed by atoms with van der Waals surface area (Å²) in [5.74, 6) is 1.29. The highest BCUT2D eigenvalue weighted by molar-refractivity contribution is 5.90. The topological polar surface area (TPSA) is 51.5 Å². The highest BCUT2D eigenvalue weighted by Gasteiger charge is 2.10. The van der Waals surface area contributed by atoms with E-state index >= 15 is 0 Å². The second-order valence-corrected chi connectivity index (χ2v) is 4.78. The van der Waals surface area contributed by atoms with E-state index < -0.39 is 0 Å². The molecule has 0 amide bonds. The van der Waals surface area contributed by atoms with E-state index in [9.17, 15) is 0 Å². The Kier molecular flexibility index (Phi) is 3.05. The van der Waals surface area contributed by atoms with Crippen molar-refractivity contribution in [3.05, 3.63) is 72.7 Å². The molecule has 22 heavy (non-hydrogen) atoms. The quantitative estimate of drug-likeness (QED) is 0.507. The van der Waals surface area contributed by atoms with Crippen molar-refractivity contribution in [2.24, 2.45) is 4.99 Å². The van der Waals surface area contributed by atoms with Gasteiger partial charge in [-0.2, -0.15) is 0 Å². The Bertz CT molecular complexity index is 922. The number of para-hydroxylation sites is 1. The van der Waals surface area contributed by atoms with Gasteiger partial charge >= 0.3 is 0 Å². The molecule has 0 aliphatic rings. The third kappa shape index (κ3) is 2.31. The number of hydrogen-bond acceptors (Lipinski definition) is 4. The monoisotopic (exact) mass is 288 g/mol. The van der Waals surface area contributed by atoms with Crippen molar-refractivity contribution in [1.82, 2.24) is 4.98 Å². The fraction of sp³-hybridized carbons (Fsp3) is 0. The maximum atomic E-state index is 5.82. The van der Waals surface area contributed by atoms with E-state index in [1.807, 2.05) is 60.7 Å². The van der Waals surface area contributed by atoms with E-state index in [0.29, 0.717) is 17.2 Å². The van der Waals surface area contributed by atoms with Gasteiger partial charge in [0.2, 0.25) is 5.89 Å². The molecule has 4 nitrogen and oxygen atoms in total. The Morgan fingerprint density at radius 3 is 2.64 bits per heavy atom. The van der Waals surface area contributed by atoms with E-state index in [1.165, 1.54) is 0 Å². The molecule has 0 radical (unpaired) electrons. The van der Waals surface area contributed by atoms with Crippen LogP contribution in [-0.4, -0.2) is 11.2 Å². The molecule has 0 aliphatic carbocycles. The molecule has 0 bridgehead atoms. The van der Waals surface area contributed by atoms with E-state index in [1.54, 1.807) is 12.5 Å². The van der Waals surface area contributed by atoms with Gasteiger partial charge in [-0.05, 0) is 36.4 Å². The summed E-state index contributed by atoms with van der Waals surface area (Å²) in [6.07, 6.45) is 3.29. The summed E-state index contributed by atoms with van der Waals surface area (Å²) in [5, 5.41) is 0. The first-order valence-electron chi connectivity index (χ1n) is 6.93. The third-order valence-electron chi connectivity index (χ3n) is 3.29. The van der Waals surface area contributed by atoms with Crippen LogP contribution in [0, 0.1) is 0 Å². The molecule has 0 saturated carbocycles. The summed E-state index contributed by atoms with van der Waals surface area (Å²) in [7, 11) is 0. The standard InChI is InChI=1S/C18H12N2O2/c1-2-6-13(7-3-1)18-20-17-15(9-4-10-16(17)22-18)19-12-14-8-5-11-21-14/h1-12H. The van der Waals surface area contributed by atoms with Crippen LogP contribution in [0.4, 0.5) is 5.69 Å². The second-order valence-electron chi connectivity index (χ2n) is 4.78. The fourth-order valence-electron chi connectivity index (χ4n) is 2.24. The number of furan rings is 1. The third-order valence-corrected chi connectivity index (χ3v) is 3.29. The van der Waals surface area contributed by atoms with Crippen LogP contribution >= 0.6 is 0 Å². The van der Waals surface area contributed by atoms with Gasteiger partial charge in [0.25, 0.3) is 0 Å². The van der Waals surface area contributed by atoms with Gasteiger partial charge < -0.3 is 8.83 Å². The first-order valence-corrected chi connectivity index (χ1v) is 6.93. The van der Waals surface area contributed by atoms with Gasteiger partial charge in [-0.15, -0.1) is 0 Å². The Morgan fingerprint density at radius 1 is 0.909 bits per heavy atom. The number of oxazole rings is 1. The predicted molar refractivity (Wildman–Crippen MR) is 85.4 cm³/mol. The van der Waals surface area contributed by atoms with Crippen LogP contribution in [0.25, 0.3) is 22.6 Å². The lowest BCUT2D eigenvalue weighted by Crippen LogP contribution is -1.77. The SMILES string of the molecule is C(=Nc1cccc2oc(-c3ccccc3)nc12)c1ccco1. The fourth-order valence-corrected chi connectivity index (χ4v) is 2.24. The van der Waals surface area contributed by atoms with Gasteiger partial charge in [0.1, 0.15) is 11.3 Å². The van der Waals surface area contributed by atoms with E-state index in [4.69, 9.17) is 8.83 Å². The number of nitrogens with zero attached hydrogens (tertiary/aromatic N) is 2. The molecule has 0 atom stereocenters. The van der Waals surface area contributed by atoms with Crippen molar-refractivity contribution in [3.8, 4) is 11.5 Å². The summed E-state index contributed by atoms with van der Waals surface area (Å²) in [6, 6.07) is 19.2. The lowest BCUT2D eigenvalue weighted by molar-refractivity contribution is 0.560. The summed E-state index contributed by atoms with van der Waals surface area (Å²) < 4.78 is 11.1. The van der Waals surface area contributed by atoms with Crippen LogP contribution < -0.4 is 0 Å². The minimum absolute atomic E-state index is 0.594. The summed E-state index contributed by atoms with van der Waals surface area (Å²) in [4.78, 5) is 9.01. The van der Waals surface area contributed by atoms with Crippen molar-refractivity contribution in [1.29, 1.82) is 0 Å². The summed E-state index contributed by atoms with van der Waals surface area (Å²) in [6.45, 7) is 0. The highest BCUT2D eigenvalue weighted by Crippen LogP contribution is 2.30. The molecule has 4 rings (SSSR count). The lowest BCUT2D eigenvalue weighted by atomic mass is 10.2. The minimum Gasteiger partial charge on any atom is -0.463 e.